The largest absolute Gasteiger partial charge is 0.340 e. The predicted molar refractivity (Wildman–Crippen MR) is 96.2 cm³/mol. The molecule has 0 saturated heterocycles. The molecule has 118 valence electrons. The van der Waals surface area contributed by atoms with E-state index in [-0.39, 0.29) is 0 Å². The fraction of sp³-hybridized carbons (Fsp3) is 0. The summed E-state index contributed by atoms with van der Waals surface area (Å²) in [4.78, 5) is 8.34. The molecule has 0 amide bonds. The van der Waals surface area contributed by atoms with Crippen molar-refractivity contribution in [2.75, 3.05) is 10.6 Å². The average Bonchev–Trinajstić information content (AvgIpc) is 2.59. The lowest BCUT2D eigenvalue weighted by atomic mass is 10.2. The van der Waals surface area contributed by atoms with Gasteiger partial charge in [-0.2, -0.15) is 5.26 Å². The molecule has 1 heterocycles. The van der Waals surface area contributed by atoms with Crippen LogP contribution in [-0.4, -0.2) is 9.97 Å². The minimum atomic E-state index is 0.541. The standard InChI is InChI=1S/C17H11Cl2N5/c18-12-3-6-14(19)15(7-12)24-17-8-16(21-10-22-17)23-13-4-1-11(9-20)2-5-13/h1-8,10H,(H2,21,22,23,24). The third kappa shape index (κ3) is 3.93. The van der Waals surface area contributed by atoms with Gasteiger partial charge in [-0.1, -0.05) is 23.2 Å². The number of aromatic nitrogens is 2. The van der Waals surface area contributed by atoms with Gasteiger partial charge < -0.3 is 10.6 Å². The van der Waals surface area contributed by atoms with E-state index in [4.69, 9.17) is 28.5 Å². The minimum absolute atomic E-state index is 0.541. The lowest BCUT2D eigenvalue weighted by molar-refractivity contribution is 1.17. The Hall–Kier alpha value is -2.81. The second-order valence-corrected chi connectivity index (χ2v) is 5.70. The van der Waals surface area contributed by atoms with Crippen molar-refractivity contribution in [1.82, 2.24) is 9.97 Å². The maximum Gasteiger partial charge on any atom is 0.135 e. The molecule has 0 aliphatic carbocycles. The SMILES string of the molecule is N#Cc1ccc(Nc2cc(Nc3cc(Cl)ccc3Cl)ncn2)cc1. The van der Waals surface area contributed by atoms with Crippen molar-refractivity contribution in [3.63, 3.8) is 0 Å². The number of anilines is 4. The number of benzene rings is 2. The Morgan fingerprint density at radius 1 is 0.875 bits per heavy atom. The van der Waals surface area contributed by atoms with Crippen LogP contribution in [0.5, 0.6) is 0 Å². The number of nitriles is 1. The van der Waals surface area contributed by atoms with Crippen LogP contribution in [-0.2, 0) is 0 Å². The summed E-state index contributed by atoms with van der Waals surface area (Å²) in [5.74, 6) is 1.18. The van der Waals surface area contributed by atoms with Gasteiger partial charge >= 0.3 is 0 Å². The molecule has 0 saturated carbocycles. The van der Waals surface area contributed by atoms with Gasteiger partial charge in [0, 0.05) is 16.8 Å². The first-order valence-corrected chi connectivity index (χ1v) is 7.71. The van der Waals surface area contributed by atoms with E-state index in [1.165, 1.54) is 6.33 Å². The van der Waals surface area contributed by atoms with Gasteiger partial charge in [0.1, 0.15) is 18.0 Å². The fourth-order valence-corrected chi connectivity index (χ4v) is 2.34. The first-order valence-electron chi connectivity index (χ1n) is 6.95. The van der Waals surface area contributed by atoms with E-state index < -0.39 is 0 Å². The fourth-order valence-electron chi connectivity index (χ4n) is 2.00. The van der Waals surface area contributed by atoms with Crippen molar-refractivity contribution in [2.24, 2.45) is 0 Å². The Morgan fingerprint density at radius 2 is 1.58 bits per heavy atom. The Morgan fingerprint density at radius 3 is 2.29 bits per heavy atom. The van der Waals surface area contributed by atoms with Crippen LogP contribution in [0.4, 0.5) is 23.0 Å². The molecule has 7 heteroatoms. The van der Waals surface area contributed by atoms with Crippen molar-refractivity contribution in [1.29, 1.82) is 5.26 Å². The summed E-state index contributed by atoms with van der Waals surface area (Å²) in [6.07, 6.45) is 1.44. The molecule has 0 aliphatic rings. The van der Waals surface area contributed by atoms with E-state index in [2.05, 4.69) is 26.7 Å². The van der Waals surface area contributed by atoms with Crippen LogP contribution >= 0.6 is 23.2 Å². The zero-order valence-electron chi connectivity index (χ0n) is 12.3. The zero-order chi connectivity index (χ0) is 16.9. The molecular weight excluding hydrogens is 345 g/mol. The highest BCUT2D eigenvalue weighted by Gasteiger charge is 2.05. The zero-order valence-corrected chi connectivity index (χ0v) is 13.8. The van der Waals surface area contributed by atoms with Crippen LogP contribution < -0.4 is 10.6 Å². The second-order valence-electron chi connectivity index (χ2n) is 4.85. The monoisotopic (exact) mass is 355 g/mol. The lowest BCUT2D eigenvalue weighted by Crippen LogP contribution is -1.99. The van der Waals surface area contributed by atoms with Crippen LogP contribution in [0, 0.1) is 11.3 Å². The molecule has 3 rings (SSSR count). The maximum absolute atomic E-state index is 8.82. The Kier molecular flexibility index (Phi) is 4.80. The van der Waals surface area contributed by atoms with E-state index in [9.17, 15) is 0 Å². The quantitative estimate of drug-likeness (QED) is 0.677. The van der Waals surface area contributed by atoms with Crippen molar-refractivity contribution in [3.8, 4) is 6.07 Å². The smallest absolute Gasteiger partial charge is 0.135 e. The summed E-state index contributed by atoms with van der Waals surface area (Å²) in [6.45, 7) is 0. The first kappa shape index (κ1) is 16.1. The Balaban J connectivity index is 1.78. The molecule has 0 aliphatic heterocycles. The van der Waals surface area contributed by atoms with E-state index >= 15 is 0 Å². The van der Waals surface area contributed by atoms with E-state index in [0.29, 0.717) is 32.9 Å². The molecular formula is C17H11Cl2N5. The number of nitrogens with one attached hydrogen (secondary N) is 2. The highest BCUT2D eigenvalue weighted by molar-refractivity contribution is 6.35. The molecule has 24 heavy (non-hydrogen) atoms. The molecule has 0 fully saturated rings. The number of rotatable bonds is 4. The van der Waals surface area contributed by atoms with Crippen LogP contribution in [0.25, 0.3) is 0 Å². The minimum Gasteiger partial charge on any atom is -0.340 e. The van der Waals surface area contributed by atoms with Crippen molar-refractivity contribution in [3.05, 3.63) is 70.5 Å². The van der Waals surface area contributed by atoms with Gasteiger partial charge in [0.2, 0.25) is 0 Å². The third-order valence-electron chi connectivity index (χ3n) is 3.14. The average molecular weight is 356 g/mol. The number of hydrogen-bond acceptors (Lipinski definition) is 5. The summed E-state index contributed by atoms with van der Waals surface area (Å²) < 4.78 is 0. The van der Waals surface area contributed by atoms with Crippen molar-refractivity contribution in [2.45, 2.75) is 0 Å². The molecule has 2 aromatic carbocycles. The summed E-state index contributed by atoms with van der Waals surface area (Å²) in [5.41, 5.74) is 2.08. The molecule has 3 aromatic rings. The summed E-state index contributed by atoms with van der Waals surface area (Å²) in [5, 5.41) is 16.2. The Bertz CT molecular complexity index is 904. The maximum atomic E-state index is 8.82. The summed E-state index contributed by atoms with van der Waals surface area (Å²) in [6, 6.07) is 16.0. The van der Waals surface area contributed by atoms with E-state index in [1.807, 2.05) is 12.1 Å². The number of hydrogen-bond donors (Lipinski definition) is 2. The van der Waals surface area contributed by atoms with E-state index in [1.54, 1.807) is 36.4 Å². The predicted octanol–water partition coefficient (Wildman–Crippen LogP) is 5.14. The van der Waals surface area contributed by atoms with Gasteiger partial charge in [0.15, 0.2) is 0 Å². The highest BCUT2D eigenvalue weighted by Crippen LogP contribution is 2.28. The van der Waals surface area contributed by atoms with Crippen molar-refractivity contribution < 1.29 is 0 Å². The summed E-state index contributed by atoms with van der Waals surface area (Å²) in [7, 11) is 0. The van der Waals surface area contributed by atoms with Crippen LogP contribution in [0.15, 0.2) is 54.9 Å². The van der Waals surface area contributed by atoms with E-state index in [0.717, 1.165) is 5.69 Å². The summed E-state index contributed by atoms with van der Waals surface area (Å²) >= 11 is 12.1. The molecule has 0 spiro atoms. The van der Waals surface area contributed by atoms with Crippen LogP contribution in [0.1, 0.15) is 5.56 Å². The van der Waals surface area contributed by atoms with Gasteiger partial charge in [-0.25, -0.2) is 9.97 Å². The normalized spacial score (nSPS) is 10.0. The molecule has 0 bridgehead atoms. The molecule has 2 N–H and O–H groups in total. The topological polar surface area (TPSA) is 73.6 Å². The Labute approximate surface area is 148 Å². The van der Waals surface area contributed by atoms with Gasteiger partial charge in [-0.15, -0.1) is 0 Å². The van der Waals surface area contributed by atoms with Crippen LogP contribution in [0.2, 0.25) is 10.0 Å². The van der Waals surface area contributed by atoms with Crippen molar-refractivity contribution >= 4 is 46.2 Å². The van der Waals surface area contributed by atoms with Gasteiger partial charge in [-0.05, 0) is 42.5 Å². The van der Waals surface area contributed by atoms with Crippen LogP contribution in [0.3, 0.4) is 0 Å². The molecule has 0 atom stereocenters. The molecule has 1 aromatic heterocycles. The molecule has 5 nitrogen and oxygen atoms in total. The lowest BCUT2D eigenvalue weighted by Gasteiger charge is -2.10. The first-order chi connectivity index (χ1) is 11.6. The number of nitrogens with zero attached hydrogens (tertiary/aromatic N) is 3. The van der Waals surface area contributed by atoms with Gasteiger partial charge in [0.05, 0.1) is 22.3 Å². The van der Waals surface area contributed by atoms with Gasteiger partial charge in [0.25, 0.3) is 0 Å². The molecule has 0 radical (unpaired) electrons. The number of halogens is 2. The third-order valence-corrected chi connectivity index (χ3v) is 3.71. The second kappa shape index (κ2) is 7.18. The molecule has 0 unspecified atom stereocenters. The van der Waals surface area contributed by atoms with Gasteiger partial charge in [-0.3, -0.25) is 0 Å². The highest BCUT2D eigenvalue weighted by atomic mass is 35.5.